The normalized spacial score (nSPS) is 17.6. The number of ketones is 1. The van der Waals surface area contributed by atoms with Crippen molar-refractivity contribution in [2.24, 2.45) is 0 Å². The van der Waals surface area contributed by atoms with Gasteiger partial charge in [0.25, 0.3) is 5.78 Å². The van der Waals surface area contributed by atoms with Crippen LogP contribution in [-0.4, -0.2) is 33.9 Å². The second-order valence-corrected chi connectivity index (χ2v) is 8.66. The van der Waals surface area contributed by atoms with Crippen molar-refractivity contribution < 1.29 is 19.4 Å². The standard InChI is InChI=1S/C25H19N3O4S/c1-14-5-7-15(8-6-14)22(29)20-21(16-4-3-11-26-13-16)28(24(31)23(20)30)25-27-18-10-9-17(32-2)12-19(18)33-25/h3-13,21,29H,1-2H3/b22-20-. The number of aromatic nitrogens is 2. The third kappa shape index (κ3) is 3.54. The van der Waals surface area contributed by atoms with Gasteiger partial charge >= 0.3 is 5.91 Å². The summed E-state index contributed by atoms with van der Waals surface area (Å²) < 4.78 is 6.10. The fourth-order valence-electron chi connectivity index (χ4n) is 3.87. The maximum Gasteiger partial charge on any atom is 0.301 e. The molecule has 33 heavy (non-hydrogen) atoms. The predicted molar refractivity (Wildman–Crippen MR) is 126 cm³/mol. The van der Waals surface area contributed by atoms with Crippen molar-refractivity contribution in [1.82, 2.24) is 9.97 Å². The van der Waals surface area contributed by atoms with E-state index in [1.165, 1.54) is 16.2 Å². The first-order valence-electron chi connectivity index (χ1n) is 10.2. The van der Waals surface area contributed by atoms with E-state index in [0.29, 0.717) is 27.5 Å². The zero-order valence-electron chi connectivity index (χ0n) is 17.9. The molecule has 1 N–H and O–H groups in total. The van der Waals surface area contributed by atoms with Crippen LogP contribution in [0.1, 0.15) is 22.7 Å². The molecule has 1 fully saturated rings. The maximum atomic E-state index is 13.2. The molecule has 0 radical (unpaired) electrons. The SMILES string of the molecule is COc1ccc2nc(N3C(=O)C(=O)/C(=C(\O)c4ccc(C)cc4)C3c3cccnc3)sc2c1. The van der Waals surface area contributed by atoms with Crippen LogP contribution in [0, 0.1) is 6.92 Å². The number of aliphatic hydroxyl groups is 1. The summed E-state index contributed by atoms with van der Waals surface area (Å²) in [5.74, 6) is -1.07. The van der Waals surface area contributed by atoms with Crippen LogP contribution >= 0.6 is 11.3 Å². The number of thiazole rings is 1. The van der Waals surface area contributed by atoms with E-state index in [-0.39, 0.29) is 11.3 Å². The third-order valence-corrected chi connectivity index (χ3v) is 6.58. The fraction of sp³-hybridized carbons (Fsp3) is 0.120. The summed E-state index contributed by atoms with van der Waals surface area (Å²) in [6.07, 6.45) is 3.20. The average Bonchev–Trinajstić information content (AvgIpc) is 3.37. The first-order chi connectivity index (χ1) is 16.0. The topological polar surface area (TPSA) is 92.6 Å². The number of methoxy groups -OCH3 is 1. The lowest BCUT2D eigenvalue weighted by atomic mass is 9.96. The molecule has 1 unspecified atom stereocenters. The van der Waals surface area contributed by atoms with Crippen molar-refractivity contribution in [2.45, 2.75) is 13.0 Å². The number of ether oxygens (including phenoxy) is 1. The molecular weight excluding hydrogens is 438 g/mol. The zero-order valence-corrected chi connectivity index (χ0v) is 18.7. The van der Waals surface area contributed by atoms with Crippen LogP contribution in [-0.2, 0) is 9.59 Å². The van der Waals surface area contributed by atoms with Crippen molar-refractivity contribution >= 4 is 44.1 Å². The van der Waals surface area contributed by atoms with Crippen molar-refractivity contribution in [3.05, 3.63) is 89.3 Å². The van der Waals surface area contributed by atoms with Gasteiger partial charge in [-0.15, -0.1) is 0 Å². The average molecular weight is 458 g/mol. The van der Waals surface area contributed by atoms with Gasteiger partial charge in [-0.2, -0.15) is 0 Å². The molecule has 3 heterocycles. The number of hydrogen-bond donors (Lipinski definition) is 1. The summed E-state index contributed by atoms with van der Waals surface area (Å²) in [4.78, 5) is 36.5. The van der Waals surface area contributed by atoms with Gasteiger partial charge in [-0.05, 0) is 36.8 Å². The lowest BCUT2D eigenvalue weighted by molar-refractivity contribution is -0.132. The van der Waals surface area contributed by atoms with Crippen LogP contribution in [0.4, 0.5) is 5.13 Å². The Morgan fingerprint density at radius 3 is 2.61 bits per heavy atom. The van der Waals surface area contributed by atoms with Gasteiger partial charge in [0.05, 0.1) is 28.9 Å². The number of aryl methyl sites for hydroxylation is 1. The smallest absolute Gasteiger partial charge is 0.301 e. The highest BCUT2D eigenvalue weighted by Gasteiger charge is 2.48. The second-order valence-electron chi connectivity index (χ2n) is 7.65. The monoisotopic (exact) mass is 457 g/mol. The number of fused-ring (bicyclic) bond motifs is 1. The quantitative estimate of drug-likeness (QED) is 0.273. The van der Waals surface area contributed by atoms with Crippen molar-refractivity contribution in [1.29, 1.82) is 0 Å². The molecule has 4 aromatic rings. The van der Waals surface area contributed by atoms with E-state index < -0.39 is 17.7 Å². The van der Waals surface area contributed by atoms with E-state index in [2.05, 4.69) is 9.97 Å². The number of carbonyl (C=O) groups is 2. The van der Waals surface area contributed by atoms with Gasteiger partial charge < -0.3 is 9.84 Å². The Kier molecular flexibility index (Phi) is 5.14. The molecular formula is C25H19N3O4S. The Morgan fingerprint density at radius 2 is 1.91 bits per heavy atom. The summed E-state index contributed by atoms with van der Waals surface area (Å²) in [5.41, 5.74) is 2.76. The minimum Gasteiger partial charge on any atom is -0.507 e. The molecule has 1 aliphatic rings. The highest BCUT2D eigenvalue weighted by atomic mass is 32.1. The van der Waals surface area contributed by atoms with E-state index in [9.17, 15) is 14.7 Å². The number of nitrogens with zero attached hydrogens (tertiary/aromatic N) is 3. The number of amides is 1. The minimum atomic E-state index is -0.859. The Hall–Kier alpha value is -4.04. The van der Waals surface area contributed by atoms with Gasteiger partial charge in [0.1, 0.15) is 11.5 Å². The molecule has 0 bridgehead atoms. The largest absolute Gasteiger partial charge is 0.507 e. The number of aliphatic hydroxyl groups excluding tert-OH is 1. The number of anilines is 1. The number of Topliss-reactive ketones (excluding diaryl/α,β-unsaturated/α-hetero) is 1. The van der Waals surface area contributed by atoms with Crippen molar-refractivity contribution in [3.8, 4) is 5.75 Å². The first-order valence-corrected chi connectivity index (χ1v) is 11.0. The molecule has 1 amide bonds. The molecule has 1 atom stereocenters. The van der Waals surface area contributed by atoms with Gasteiger partial charge in [0.15, 0.2) is 5.13 Å². The van der Waals surface area contributed by atoms with Crippen LogP contribution < -0.4 is 9.64 Å². The molecule has 1 saturated heterocycles. The van der Waals surface area contributed by atoms with E-state index in [0.717, 1.165) is 10.3 Å². The summed E-state index contributed by atoms with van der Waals surface area (Å²) in [6.45, 7) is 1.93. The Morgan fingerprint density at radius 1 is 1.12 bits per heavy atom. The molecule has 5 rings (SSSR count). The van der Waals surface area contributed by atoms with Crippen LogP contribution in [0.25, 0.3) is 16.0 Å². The molecule has 7 nitrogen and oxygen atoms in total. The number of benzene rings is 2. The van der Waals surface area contributed by atoms with E-state index >= 15 is 0 Å². The second kappa shape index (κ2) is 8.14. The molecule has 0 aliphatic carbocycles. The van der Waals surface area contributed by atoms with Crippen LogP contribution in [0.2, 0.25) is 0 Å². The lowest BCUT2D eigenvalue weighted by Crippen LogP contribution is -2.29. The Balaban J connectivity index is 1.71. The molecule has 1 aliphatic heterocycles. The van der Waals surface area contributed by atoms with E-state index in [1.54, 1.807) is 55.9 Å². The highest BCUT2D eigenvalue weighted by Crippen LogP contribution is 2.44. The summed E-state index contributed by atoms with van der Waals surface area (Å²) >= 11 is 1.28. The molecule has 2 aromatic heterocycles. The van der Waals surface area contributed by atoms with Crippen LogP contribution in [0.15, 0.2) is 72.6 Å². The lowest BCUT2D eigenvalue weighted by Gasteiger charge is -2.22. The van der Waals surface area contributed by atoms with E-state index in [4.69, 9.17) is 4.74 Å². The summed E-state index contributed by atoms with van der Waals surface area (Å²) in [7, 11) is 1.58. The van der Waals surface area contributed by atoms with Crippen molar-refractivity contribution in [3.63, 3.8) is 0 Å². The van der Waals surface area contributed by atoms with Gasteiger partial charge in [-0.3, -0.25) is 19.5 Å². The Bertz CT molecular complexity index is 1410. The molecule has 0 spiro atoms. The number of pyridine rings is 1. The summed E-state index contributed by atoms with van der Waals surface area (Å²) in [5, 5.41) is 11.5. The number of carbonyl (C=O) groups excluding carboxylic acids is 2. The fourth-order valence-corrected chi connectivity index (χ4v) is 4.89. The van der Waals surface area contributed by atoms with Crippen molar-refractivity contribution in [2.75, 3.05) is 12.0 Å². The molecule has 2 aromatic carbocycles. The van der Waals surface area contributed by atoms with Gasteiger partial charge in [-0.25, -0.2) is 4.98 Å². The predicted octanol–water partition coefficient (Wildman–Crippen LogP) is 4.63. The highest BCUT2D eigenvalue weighted by molar-refractivity contribution is 7.22. The minimum absolute atomic E-state index is 0.00805. The zero-order chi connectivity index (χ0) is 23.1. The maximum absolute atomic E-state index is 13.2. The molecule has 164 valence electrons. The van der Waals surface area contributed by atoms with Crippen LogP contribution in [0.3, 0.4) is 0 Å². The van der Waals surface area contributed by atoms with Gasteiger partial charge in [0.2, 0.25) is 0 Å². The first kappa shape index (κ1) is 20.8. The van der Waals surface area contributed by atoms with E-state index in [1.807, 2.05) is 25.1 Å². The van der Waals surface area contributed by atoms with Gasteiger partial charge in [0, 0.05) is 18.0 Å². The number of rotatable bonds is 4. The number of hydrogen-bond acceptors (Lipinski definition) is 7. The Labute approximate surface area is 193 Å². The molecule has 8 heteroatoms. The van der Waals surface area contributed by atoms with Gasteiger partial charge in [-0.1, -0.05) is 47.2 Å². The summed E-state index contributed by atoms with van der Waals surface area (Å²) in [6, 6.07) is 15.2. The van der Waals surface area contributed by atoms with Crippen LogP contribution in [0.5, 0.6) is 5.75 Å². The molecule has 0 saturated carbocycles. The third-order valence-electron chi connectivity index (χ3n) is 5.56.